The first kappa shape index (κ1) is 17.1. The molecule has 9 heteroatoms. The van der Waals surface area contributed by atoms with E-state index in [-0.39, 0.29) is 30.6 Å². The molecule has 0 saturated carbocycles. The predicted octanol–water partition coefficient (Wildman–Crippen LogP) is 0.577. The molecule has 0 aliphatic carbocycles. The summed E-state index contributed by atoms with van der Waals surface area (Å²) in [4.78, 5) is 16.4. The fourth-order valence-corrected chi connectivity index (χ4v) is 1.86. The van der Waals surface area contributed by atoms with Crippen molar-refractivity contribution in [1.82, 2.24) is 19.8 Å². The molecular formula is C9H17Cl2N5O2. The molecule has 1 saturated heterocycles. The Hall–Kier alpha value is -0.890. The highest BCUT2D eigenvalue weighted by molar-refractivity contribution is 5.85. The number of imidazole rings is 1. The Morgan fingerprint density at radius 1 is 1.44 bits per heavy atom. The molecule has 0 atom stereocenters. The Balaban J connectivity index is 0.00000144. The lowest BCUT2D eigenvalue weighted by Crippen LogP contribution is -2.43. The van der Waals surface area contributed by atoms with Gasteiger partial charge in [0.15, 0.2) is 0 Å². The first-order chi connectivity index (χ1) is 7.68. The van der Waals surface area contributed by atoms with Crippen molar-refractivity contribution in [3.8, 4) is 0 Å². The van der Waals surface area contributed by atoms with Crippen LogP contribution in [0.25, 0.3) is 0 Å². The van der Waals surface area contributed by atoms with Gasteiger partial charge in [0.2, 0.25) is 6.33 Å². The van der Waals surface area contributed by atoms with Gasteiger partial charge in [-0.1, -0.05) is 0 Å². The van der Waals surface area contributed by atoms with E-state index in [0.717, 1.165) is 26.2 Å². The zero-order chi connectivity index (χ0) is 11.5. The highest BCUT2D eigenvalue weighted by atomic mass is 35.5. The van der Waals surface area contributed by atoms with Crippen LogP contribution in [0.15, 0.2) is 6.33 Å². The minimum absolute atomic E-state index is 0. The van der Waals surface area contributed by atoms with Gasteiger partial charge in [0.25, 0.3) is 0 Å². The van der Waals surface area contributed by atoms with E-state index in [9.17, 15) is 10.1 Å². The summed E-state index contributed by atoms with van der Waals surface area (Å²) in [6.07, 6.45) is 1.50. The van der Waals surface area contributed by atoms with E-state index >= 15 is 0 Å². The molecular weight excluding hydrogens is 281 g/mol. The van der Waals surface area contributed by atoms with Crippen LogP contribution < -0.4 is 5.32 Å². The summed E-state index contributed by atoms with van der Waals surface area (Å²) in [6, 6.07) is 0. The lowest BCUT2D eigenvalue weighted by Gasteiger charge is -2.26. The zero-order valence-electron chi connectivity index (χ0n) is 10.0. The van der Waals surface area contributed by atoms with Gasteiger partial charge in [0.05, 0.1) is 0 Å². The molecule has 1 N–H and O–H groups in total. The first-order valence-electron chi connectivity index (χ1n) is 5.26. The number of halogens is 2. The van der Waals surface area contributed by atoms with Crippen LogP contribution >= 0.6 is 24.8 Å². The van der Waals surface area contributed by atoms with E-state index in [4.69, 9.17) is 0 Å². The van der Waals surface area contributed by atoms with Gasteiger partial charge < -0.3 is 20.0 Å². The molecule has 2 rings (SSSR count). The van der Waals surface area contributed by atoms with Crippen LogP contribution in [0.5, 0.6) is 0 Å². The monoisotopic (exact) mass is 297 g/mol. The molecule has 7 nitrogen and oxygen atoms in total. The normalized spacial score (nSPS) is 15.6. The second-order valence-corrected chi connectivity index (χ2v) is 3.91. The van der Waals surface area contributed by atoms with E-state index in [2.05, 4.69) is 15.2 Å². The summed E-state index contributed by atoms with van der Waals surface area (Å²) in [6.45, 7) is 4.30. The maximum absolute atomic E-state index is 10.8. The van der Waals surface area contributed by atoms with Gasteiger partial charge in [-0.3, -0.25) is 4.90 Å². The Morgan fingerprint density at radius 2 is 2.06 bits per heavy atom. The Morgan fingerprint density at radius 3 is 2.61 bits per heavy atom. The molecule has 18 heavy (non-hydrogen) atoms. The Bertz CT molecular complexity index is 392. The van der Waals surface area contributed by atoms with Gasteiger partial charge in [-0.2, -0.15) is 0 Å². The van der Waals surface area contributed by atoms with Crippen LogP contribution in [-0.4, -0.2) is 45.6 Å². The number of piperazine rings is 1. The highest BCUT2D eigenvalue weighted by Crippen LogP contribution is 2.17. The molecule has 1 aliphatic heterocycles. The number of nitrogens with one attached hydrogen (secondary N) is 1. The summed E-state index contributed by atoms with van der Waals surface area (Å²) < 4.78 is 1.72. The third kappa shape index (κ3) is 3.81. The van der Waals surface area contributed by atoms with Gasteiger partial charge in [-0.05, 0) is 9.91 Å². The summed E-state index contributed by atoms with van der Waals surface area (Å²) in [7, 11) is 1.79. The largest absolute Gasteiger partial charge is 0.386 e. The van der Waals surface area contributed by atoms with E-state index < -0.39 is 4.92 Å². The zero-order valence-corrected chi connectivity index (χ0v) is 11.7. The average Bonchev–Trinajstić information content (AvgIpc) is 2.62. The van der Waals surface area contributed by atoms with E-state index in [1.54, 1.807) is 11.6 Å². The minimum Gasteiger partial charge on any atom is -0.358 e. The number of rotatable bonds is 3. The molecule has 0 radical (unpaired) electrons. The molecule has 1 aliphatic rings. The lowest BCUT2D eigenvalue weighted by molar-refractivity contribution is -0.390. The molecule has 0 aromatic carbocycles. The molecule has 2 heterocycles. The second kappa shape index (κ2) is 7.52. The van der Waals surface area contributed by atoms with Crippen molar-refractivity contribution in [1.29, 1.82) is 0 Å². The number of nitro groups is 1. The summed E-state index contributed by atoms with van der Waals surface area (Å²) in [5, 5.41) is 14.0. The van der Waals surface area contributed by atoms with Gasteiger partial charge >= 0.3 is 5.82 Å². The first-order valence-corrected chi connectivity index (χ1v) is 5.26. The van der Waals surface area contributed by atoms with Crippen molar-refractivity contribution < 1.29 is 4.92 Å². The van der Waals surface area contributed by atoms with Gasteiger partial charge in [-0.25, -0.2) is 0 Å². The minimum atomic E-state index is -0.419. The Kier molecular flexibility index (Phi) is 7.15. The molecule has 1 fully saturated rings. The van der Waals surface area contributed by atoms with Crippen LogP contribution in [-0.2, 0) is 13.6 Å². The van der Waals surface area contributed by atoms with E-state index in [0.29, 0.717) is 12.2 Å². The summed E-state index contributed by atoms with van der Waals surface area (Å²) in [5.41, 5.74) is 0.673. The lowest BCUT2D eigenvalue weighted by atomic mass is 10.3. The van der Waals surface area contributed by atoms with Crippen molar-refractivity contribution in [3.63, 3.8) is 0 Å². The smallest absolute Gasteiger partial charge is 0.358 e. The quantitative estimate of drug-likeness (QED) is 0.652. The topological polar surface area (TPSA) is 76.2 Å². The molecule has 0 unspecified atom stereocenters. The predicted molar refractivity (Wildman–Crippen MR) is 72.5 cm³/mol. The van der Waals surface area contributed by atoms with Gasteiger partial charge in [0, 0.05) is 39.8 Å². The number of aromatic nitrogens is 2. The number of hydrogen-bond acceptors (Lipinski definition) is 5. The van der Waals surface area contributed by atoms with Gasteiger partial charge in [-0.15, -0.1) is 24.8 Å². The second-order valence-electron chi connectivity index (χ2n) is 3.91. The van der Waals surface area contributed by atoms with Crippen LogP contribution in [0.1, 0.15) is 5.69 Å². The van der Waals surface area contributed by atoms with Crippen LogP contribution in [0.4, 0.5) is 5.82 Å². The van der Waals surface area contributed by atoms with Crippen LogP contribution in [0.3, 0.4) is 0 Å². The van der Waals surface area contributed by atoms with Crippen molar-refractivity contribution >= 4 is 30.6 Å². The SMILES string of the molecule is Cl.Cl.Cn1cnc([N+](=O)[O-])c1CN1CCNCC1. The van der Waals surface area contributed by atoms with Crippen molar-refractivity contribution in [2.75, 3.05) is 26.2 Å². The third-order valence-electron chi connectivity index (χ3n) is 2.79. The summed E-state index contributed by atoms with van der Waals surface area (Å²) in [5.74, 6) is -0.0268. The molecule has 1 aromatic rings. The Labute approximate surface area is 118 Å². The third-order valence-corrected chi connectivity index (χ3v) is 2.79. The van der Waals surface area contributed by atoms with Crippen molar-refractivity contribution in [2.45, 2.75) is 6.54 Å². The van der Waals surface area contributed by atoms with E-state index in [1.807, 2.05) is 0 Å². The number of aryl methyl sites for hydroxylation is 1. The van der Waals surface area contributed by atoms with Crippen LogP contribution in [0.2, 0.25) is 0 Å². The average molecular weight is 298 g/mol. The van der Waals surface area contributed by atoms with Crippen LogP contribution in [0, 0.1) is 10.1 Å². The number of nitrogens with zero attached hydrogens (tertiary/aromatic N) is 4. The maximum Gasteiger partial charge on any atom is 0.386 e. The maximum atomic E-state index is 10.8. The fourth-order valence-electron chi connectivity index (χ4n) is 1.86. The standard InChI is InChI=1S/C9H15N5O2.2ClH/c1-12-7-11-9(14(15)16)8(12)6-13-4-2-10-3-5-13;;/h7,10H,2-6H2,1H3;2*1H. The fraction of sp³-hybridized carbons (Fsp3) is 0.667. The van der Waals surface area contributed by atoms with Crippen molar-refractivity contribution in [3.05, 3.63) is 22.1 Å². The molecule has 1 aromatic heterocycles. The highest BCUT2D eigenvalue weighted by Gasteiger charge is 2.22. The van der Waals surface area contributed by atoms with Crippen molar-refractivity contribution in [2.24, 2.45) is 7.05 Å². The molecule has 104 valence electrons. The summed E-state index contributed by atoms with van der Waals surface area (Å²) >= 11 is 0. The molecule has 0 spiro atoms. The molecule has 0 bridgehead atoms. The van der Waals surface area contributed by atoms with E-state index in [1.165, 1.54) is 6.33 Å². The van der Waals surface area contributed by atoms with Gasteiger partial charge in [0.1, 0.15) is 5.69 Å². The number of hydrogen-bond donors (Lipinski definition) is 1. The molecule has 0 amide bonds.